The molecule has 0 atom stereocenters. The molecule has 0 radical (unpaired) electrons. The molecule has 0 saturated carbocycles. The number of halogens is 1. The van der Waals surface area contributed by atoms with Crippen LogP contribution in [0.3, 0.4) is 0 Å². The summed E-state index contributed by atoms with van der Waals surface area (Å²) in [5, 5.41) is 7.01. The van der Waals surface area contributed by atoms with E-state index < -0.39 is 0 Å². The van der Waals surface area contributed by atoms with E-state index in [1.54, 1.807) is 12.4 Å². The van der Waals surface area contributed by atoms with E-state index in [1.165, 1.54) is 6.33 Å². The minimum Gasteiger partial charge on any atom is -0.382 e. The number of H-pyrrole nitrogens is 1. The smallest absolute Gasteiger partial charge is 0.153 e. The maximum atomic E-state index is 5.95. The summed E-state index contributed by atoms with van der Waals surface area (Å²) >= 11 is 3.42. The number of aromatic amines is 1. The molecule has 2 aromatic heterocycles. The molecule has 3 rings (SSSR count). The number of nitrogen functional groups attached to an aromatic ring is 1. The van der Waals surface area contributed by atoms with Crippen LogP contribution in [0.1, 0.15) is 0 Å². The van der Waals surface area contributed by atoms with E-state index in [0.717, 1.165) is 26.9 Å². The Bertz CT molecular complexity index is 691. The lowest BCUT2D eigenvalue weighted by atomic mass is 10.0. The summed E-state index contributed by atoms with van der Waals surface area (Å²) in [4.78, 5) is 8.02. The van der Waals surface area contributed by atoms with Gasteiger partial charge in [-0.1, -0.05) is 28.1 Å². The zero-order chi connectivity index (χ0) is 13.2. The standard InChI is InChI=1S/C13H10BrN5/c14-10-3-1-8(2-4-10)11-12(18-19-13(11)15)9-5-16-7-17-6-9/h1-7H,(H3,15,18,19). The predicted octanol–water partition coefficient (Wildman–Crippen LogP) is 2.88. The van der Waals surface area contributed by atoms with Gasteiger partial charge in [-0.2, -0.15) is 5.10 Å². The van der Waals surface area contributed by atoms with Gasteiger partial charge in [-0.15, -0.1) is 0 Å². The molecule has 0 bridgehead atoms. The molecule has 0 amide bonds. The predicted molar refractivity (Wildman–Crippen MR) is 77.2 cm³/mol. The molecule has 94 valence electrons. The molecule has 0 aliphatic rings. The fourth-order valence-electron chi connectivity index (χ4n) is 1.90. The molecule has 5 nitrogen and oxygen atoms in total. The third kappa shape index (κ3) is 2.22. The first-order valence-corrected chi connectivity index (χ1v) is 6.40. The second-order valence-corrected chi connectivity index (χ2v) is 4.91. The van der Waals surface area contributed by atoms with Crippen LogP contribution in [-0.2, 0) is 0 Å². The lowest BCUT2D eigenvalue weighted by molar-refractivity contribution is 1.09. The highest BCUT2D eigenvalue weighted by molar-refractivity contribution is 9.10. The van der Waals surface area contributed by atoms with Crippen LogP contribution in [0, 0.1) is 0 Å². The van der Waals surface area contributed by atoms with Crippen LogP contribution in [0.25, 0.3) is 22.4 Å². The number of anilines is 1. The lowest BCUT2D eigenvalue weighted by Crippen LogP contribution is -1.89. The summed E-state index contributed by atoms with van der Waals surface area (Å²) in [5.74, 6) is 0.459. The van der Waals surface area contributed by atoms with Crippen molar-refractivity contribution < 1.29 is 0 Å². The number of aromatic nitrogens is 4. The Hall–Kier alpha value is -2.21. The number of nitrogens with zero attached hydrogens (tertiary/aromatic N) is 3. The van der Waals surface area contributed by atoms with E-state index in [-0.39, 0.29) is 0 Å². The first kappa shape index (κ1) is 11.9. The SMILES string of the molecule is Nc1n[nH]c(-c2cncnc2)c1-c1ccc(Br)cc1. The number of nitrogens with one attached hydrogen (secondary N) is 1. The number of rotatable bonds is 2. The molecular weight excluding hydrogens is 306 g/mol. The topological polar surface area (TPSA) is 80.5 Å². The Morgan fingerprint density at radius 3 is 2.37 bits per heavy atom. The minimum absolute atomic E-state index is 0.459. The Balaban J connectivity index is 2.17. The first-order chi connectivity index (χ1) is 9.25. The highest BCUT2D eigenvalue weighted by Gasteiger charge is 2.14. The van der Waals surface area contributed by atoms with Crippen molar-refractivity contribution >= 4 is 21.7 Å². The summed E-state index contributed by atoms with van der Waals surface area (Å²) in [5.41, 5.74) is 9.48. The summed E-state index contributed by atoms with van der Waals surface area (Å²) in [6.07, 6.45) is 4.94. The van der Waals surface area contributed by atoms with Crippen molar-refractivity contribution in [3.63, 3.8) is 0 Å². The van der Waals surface area contributed by atoms with Gasteiger partial charge in [0, 0.05) is 22.4 Å². The summed E-state index contributed by atoms with van der Waals surface area (Å²) in [7, 11) is 0. The van der Waals surface area contributed by atoms with Gasteiger partial charge in [0.25, 0.3) is 0 Å². The summed E-state index contributed by atoms with van der Waals surface area (Å²) in [6, 6.07) is 7.90. The average molecular weight is 316 g/mol. The normalized spacial score (nSPS) is 10.6. The van der Waals surface area contributed by atoms with E-state index in [1.807, 2.05) is 24.3 Å². The zero-order valence-electron chi connectivity index (χ0n) is 9.84. The summed E-state index contributed by atoms with van der Waals surface area (Å²) in [6.45, 7) is 0. The highest BCUT2D eigenvalue weighted by Crippen LogP contribution is 2.34. The fourth-order valence-corrected chi connectivity index (χ4v) is 2.17. The van der Waals surface area contributed by atoms with Gasteiger partial charge >= 0.3 is 0 Å². The van der Waals surface area contributed by atoms with Crippen LogP contribution in [0.2, 0.25) is 0 Å². The zero-order valence-corrected chi connectivity index (χ0v) is 11.4. The highest BCUT2D eigenvalue weighted by atomic mass is 79.9. The van der Waals surface area contributed by atoms with Gasteiger partial charge < -0.3 is 5.73 Å². The maximum Gasteiger partial charge on any atom is 0.153 e. The fraction of sp³-hybridized carbons (Fsp3) is 0. The van der Waals surface area contributed by atoms with Crippen molar-refractivity contribution in [2.24, 2.45) is 0 Å². The Labute approximate surface area is 118 Å². The van der Waals surface area contributed by atoms with Crippen molar-refractivity contribution in [1.29, 1.82) is 0 Å². The third-order valence-electron chi connectivity index (χ3n) is 2.78. The Morgan fingerprint density at radius 2 is 1.68 bits per heavy atom. The van der Waals surface area contributed by atoms with E-state index in [9.17, 15) is 0 Å². The van der Waals surface area contributed by atoms with Crippen molar-refractivity contribution in [1.82, 2.24) is 20.2 Å². The number of hydrogen-bond acceptors (Lipinski definition) is 4. The minimum atomic E-state index is 0.459. The van der Waals surface area contributed by atoms with Gasteiger partial charge in [0.1, 0.15) is 6.33 Å². The molecule has 0 fully saturated rings. The van der Waals surface area contributed by atoms with Crippen LogP contribution in [0.5, 0.6) is 0 Å². The van der Waals surface area contributed by atoms with Gasteiger partial charge in [0.15, 0.2) is 5.82 Å². The van der Waals surface area contributed by atoms with Gasteiger partial charge in [-0.05, 0) is 17.7 Å². The molecule has 0 saturated heterocycles. The van der Waals surface area contributed by atoms with Crippen molar-refractivity contribution in [3.05, 3.63) is 47.5 Å². The van der Waals surface area contributed by atoms with Gasteiger partial charge in [-0.25, -0.2) is 9.97 Å². The van der Waals surface area contributed by atoms with E-state index in [4.69, 9.17) is 5.73 Å². The van der Waals surface area contributed by atoms with Crippen molar-refractivity contribution in [2.45, 2.75) is 0 Å². The number of benzene rings is 1. The largest absolute Gasteiger partial charge is 0.382 e. The molecule has 0 spiro atoms. The van der Waals surface area contributed by atoms with Crippen molar-refractivity contribution in [2.75, 3.05) is 5.73 Å². The number of hydrogen-bond donors (Lipinski definition) is 2. The number of nitrogens with two attached hydrogens (primary N) is 1. The molecule has 0 unspecified atom stereocenters. The molecule has 3 aromatic rings. The van der Waals surface area contributed by atoms with Crippen LogP contribution >= 0.6 is 15.9 Å². The first-order valence-electron chi connectivity index (χ1n) is 5.61. The van der Waals surface area contributed by atoms with Crippen LogP contribution in [0.15, 0.2) is 47.5 Å². The van der Waals surface area contributed by atoms with E-state index >= 15 is 0 Å². The maximum absolute atomic E-state index is 5.95. The molecule has 0 aliphatic heterocycles. The van der Waals surface area contributed by atoms with Gasteiger partial charge in [-0.3, -0.25) is 5.10 Å². The molecular formula is C13H10BrN5. The van der Waals surface area contributed by atoms with E-state index in [2.05, 4.69) is 36.1 Å². The molecule has 3 N–H and O–H groups in total. The summed E-state index contributed by atoms with van der Waals surface area (Å²) < 4.78 is 1.02. The molecule has 1 aromatic carbocycles. The van der Waals surface area contributed by atoms with Crippen LogP contribution < -0.4 is 5.73 Å². The van der Waals surface area contributed by atoms with E-state index in [0.29, 0.717) is 5.82 Å². The molecule has 6 heteroatoms. The lowest BCUT2D eigenvalue weighted by Gasteiger charge is -2.04. The molecule has 19 heavy (non-hydrogen) atoms. The van der Waals surface area contributed by atoms with Crippen LogP contribution in [-0.4, -0.2) is 20.2 Å². The average Bonchev–Trinajstić information content (AvgIpc) is 2.83. The van der Waals surface area contributed by atoms with Gasteiger partial charge in [0.05, 0.1) is 11.3 Å². The monoisotopic (exact) mass is 315 g/mol. The van der Waals surface area contributed by atoms with Gasteiger partial charge in [0.2, 0.25) is 0 Å². The Kier molecular flexibility index (Phi) is 3.00. The Morgan fingerprint density at radius 1 is 1.00 bits per heavy atom. The van der Waals surface area contributed by atoms with Crippen molar-refractivity contribution in [3.8, 4) is 22.4 Å². The molecule has 2 heterocycles. The van der Waals surface area contributed by atoms with Crippen LogP contribution in [0.4, 0.5) is 5.82 Å². The second-order valence-electron chi connectivity index (χ2n) is 3.99. The third-order valence-corrected chi connectivity index (χ3v) is 3.31. The molecule has 0 aliphatic carbocycles. The quantitative estimate of drug-likeness (QED) is 0.762. The second kappa shape index (κ2) is 4.81.